The highest BCUT2D eigenvalue weighted by atomic mass is 16.2. The van der Waals surface area contributed by atoms with Crippen LogP contribution in [0, 0.1) is 0 Å². The number of imidazole rings is 1. The Kier molecular flexibility index (Phi) is 21.6. The molecule has 0 bridgehead atoms. The average Bonchev–Trinajstić information content (AvgIpc) is 4.10. The largest absolute Gasteiger partial charge is 0.370 e. The van der Waals surface area contributed by atoms with Crippen LogP contribution in [0.15, 0.2) is 90.4 Å². The van der Waals surface area contributed by atoms with Gasteiger partial charge in [-0.05, 0) is 66.5 Å². The van der Waals surface area contributed by atoms with E-state index in [1.807, 2.05) is 67.6 Å². The van der Waals surface area contributed by atoms with Gasteiger partial charge in [0.15, 0.2) is 5.96 Å². The third-order valence-corrected chi connectivity index (χ3v) is 13.3. The Hall–Kier alpha value is -8.83. The molecule has 3 heterocycles. The highest BCUT2D eigenvalue weighted by Crippen LogP contribution is 2.21. The number of nitrogens with two attached hydrogens (primary N) is 3. The number of hydrogen-bond donors (Lipinski definition) is 13. The third-order valence-electron chi connectivity index (χ3n) is 13.3. The Bertz CT molecular complexity index is 2940. The van der Waals surface area contributed by atoms with Crippen molar-refractivity contribution in [1.82, 2.24) is 57.5 Å². The van der Waals surface area contributed by atoms with Gasteiger partial charge < -0.3 is 69.7 Å². The summed E-state index contributed by atoms with van der Waals surface area (Å²) in [5.41, 5.74) is 19.5. The molecule has 0 saturated carbocycles. The van der Waals surface area contributed by atoms with Gasteiger partial charge in [-0.25, -0.2) is 4.98 Å². The van der Waals surface area contributed by atoms with Crippen molar-refractivity contribution >= 4 is 80.8 Å². The van der Waals surface area contributed by atoms with Crippen molar-refractivity contribution in [3.63, 3.8) is 0 Å². The third kappa shape index (κ3) is 17.6. The molecule has 6 rings (SSSR count). The lowest BCUT2D eigenvalue weighted by molar-refractivity contribution is -0.136. The Morgan fingerprint density at radius 3 is 2.12 bits per heavy atom. The minimum absolute atomic E-state index is 0.0366. The first-order chi connectivity index (χ1) is 37.5. The minimum Gasteiger partial charge on any atom is -0.370 e. The molecule has 416 valence electrons. The molecule has 9 amide bonds. The summed E-state index contributed by atoms with van der Waals surface area (Å²) in [5, 5.41) is 24.3. The number of fused-ring (bicyclic) bond motifs is 2. The molecule has 24 nitrogen and oxygen atoms in total. The molecule has 16 N–H and O–H groups in total. The number of primary amides is 1. The smallest absolute Gasteiger partial charge is 0.243 e. The average molecular weight is 1070 g/mol. The van der Waals surface area contributed by atoms with Gasteiger partial charge in [0.1, 0.15) is 42.3 Å². The highest BCUT2D eigenvalue weighted by molar-refractivity contribution is 5.99. The summed E-state index contributed by atoms with van der Waals surface area (Å²) in [7, 11) is 0. The molecular weight excluding hydrogens is 1000 g/mol. The second-order valence-corrected chi connectivity index (χ2v) is 19.4. The maximum Gasteiger partial charge on any atom is 0.243 e. The number of aliphatic imine (C=N–C) groups is 1. The zero-order valence-electron chi connectivity index (χ0n) is 43.8. The van der Waals surface area contributed by atoms with Crippen molar-refractivity contribution in [3.8, 4) is 0 Å². The summed E-state index contributed by atoms with van der Waals surface area (Å²) in [6.45, 7) is 3.25. The van der Waals surface area contributed by atoms with E-state index in [0.29, 0.717) is 29.7 Å². The van der Waals surface area contributed by atoms with Gasteiger partial charge in [0.05, 0.1) is 12.7 Å². The SMILES string of the molecule is CCCC[C@H](NC(C)=O)C(=O)N[C@H]1CC(=O)NCCCCC(C(N)=O)NC(=O)C(Cc2c[nH]c3ccccc23)NC(=O)C(CCCN=C(N)N)NC(=O)[C@@H](Cc2ccc3ccccc3c2)NC(=O)C(Cc2cnc[nH]2)NC1=O. The first kappa shape index (κ1) is 58.4. The molecule has 7 atom stereocenters. The molecule has 0 aliphatic carbocycles. The fourth-order valence-corrected chi connectivity index (χ4v) is 9.15. The van der Waals surface area contributed by atoms with E-state index in [4.69, 9.17) is 17.2 Å². The molecule has 5 aromatic rings. The first-order valence-electron chi connectivity index (χ1n) is 26.2. The standard InChI is InChI=1S/C54H71N15O9/c1-3-4-15-40(63-31(2)70)48(73)69-45-27-46(71)59-21-10-9-17-39(47(55)72)64-51(76)43(25-35-28-61-38-16-8-7-14-37(35)38)67-49(74)41(18-11-22-60-54(56)57)65-50(75)42(24-32-19-20-33-12-5-6-13-34(33)23-32)66-52(77)44(68-53(45)78)26-36-29-58-30-62-36/h5-8,12-14,16,19-20,23,28-30,39-45,61H,3-4,9-11,15,17-18,21-22,24-27H2,1-2H3,(H2,55,72)(H,58,62)(H,59,71)(H,63,70)(H,64,76)(H,65,75)(H,66,77)(H,67,74)(H,68,78)(H,69,73)(H4,56,57,60)/t39?,40-,41?,42+,43?,44?,45-/m0/s1. The maximum absolute atomic E-state index is 15.0. The van der Waals surface area contributed by atoms with Crippen molar-refractivity contribution < 1.29 is 43.2 Å². The number of rotatable bonds is 17. The van der Waals surface area contributed by atoms with E-state index in [-0.39, 0.29) is 76.8 Å². The molecule has 3 aromatic carbocycles. The summed E-state index contributed by atoms with van der Waals surface area (Å²) >= 11 is 0. The molecular formula is C54H71N15O9. The van der Waals surface area contributed by atoms with E-state index < -0.39 is 102 Å². The first-order valence-corrected chi connectivity index (χ1v) is 26.2. The fraction of sp³-hybridized carbons (Fsp3) is 0.426. The van der Waals surface area contributed by atoms with E-state index in [9.17, 15) is 43.2 Å². The van der Waals surface area contributed by atoms with Crippen LogP contribution in [-0.2, 0) is 62.4 Å². The number of amides is 9. The van der Waals surface area contributed by atoms with Crippen LogP contribution in [0.3, 0.4) is 0 Å². The number of unbranched alkanes of at least 4 members (excludes halogenated alkanes) is 1. The molecule has 1 aliphatic rings. The summed E-state index contributed by atoms with van der Waals surface area (Å²) in [5.74, 6) is -7.13. The van der Waals surface area contributed by atoms with Crippen LogP contribution in [0.2, 0.25) is 0 Å². The number of aromatic amines is 2. The summed E-state index contributed by atoms with van der Waals surface area (Å²) in [6.07, 6.45) is 5.65. The molecule has 78 heavy (non-hydrogen) atoms. The number of hydrogen-bond acceptors (Lipinski definition) is 11. The fourth-order valence-electron chi connectivity index (χ4n) is 9.15. The Morgan fingerprint density at radius 1 is 0.744 bits per heavy atom. The molecule has 2 aromatic heterocycles. The lowest BCUT2D eigenvalue weighted by Crippen LogP contribution is -2.61. The van der Waals surface area contributed by atoms with Gasteiger partial charge in [-0.2, -0.15) is 0 Å². The second-order valence-electron chi connectivity index (χ2n) is 19.4. The lowest BCUT2D eigenvalue weighted by atomic mass is 9.99. The molecule has 24 heteroatoms. The monoisotopic (exact) mass is 1070 g/mol. The van der Waals surface area contributed by atoms with Crippen LogP contribution in [0.25, 0.3) is 21.7 Å². The number of carbonyl (C=O) groups is 9. The van der Waals surface area contributed by atoms with Gasteiger partial charge in [0, 0.05) is 68.3 Å². The van der Waals surface area contributed by atoms with Crippen molar-refractivity contribution in [2.45, 2.75) is 133 Å². The Morgan fingerprint density at radius 2 is 1.41 bits per heavy atom. The zero-order chi connectivity index (χ0) is 56.1. The highest BCUT2D eigenvalue weighted by Gasteiger charge is 2.35. The number of guanidine groups is 1. The van der Waals surface area contributed by atoms with E-state index in [2.05, 4.69) is 62.5 Å². The van der Waals surface area contributed by atoms with Crippen molar-refractivity contribution in [1.29, 1.82) is 0 Å². The number of aromatic nitrogens is 3. The number of carbonyl (C=O) groups excluding carboxylic acids is 9. The number of benzene rings is 3. The molecule has 1 fully saturated rings. The predicted molar refractivity (Wildman–Crippen MR) is 291 cm³/mol. The summed E-state index contributed by atoms with van der Waals surface area (Å²) in [6, 6.07) is 10.9. The topological polar surface area (TPSA) is 385 Å². The normalized spacial score (nSPS) is 20.9. The van der Waals surface area contributed by atoms with Crippen LogP contribution in [0.5, 0.6) is 0 Å². The van der Waals surface area contributed by atoms with E-state index in [0.717, 1.165) is 21.7 Å². The number of para-hydroxylation sites is 1. The number of nitrogens with one attached hydrogen (secondary N) is 10. The number of nitrogens with zero attached hydrogens (tertiary/aromatic N) is 2. The predicted octanol–water partition coefficient (Wildman–Crippen LogP) is -0.0951. The van der Waals surface area contributed by atoms with Gasteiger partial charge in [-0.1, -0.05) is 80.4 Å². The number of H-pyrrole nitrogens is 2. The quantitative estimate of drug-likeness (QED) is 0.0330. The van der Waals surface area contributed by atoms with E-state index in [1.165, 1.54) is 19.4 Å². The lowest BCUT2D eigenvalue weighted by Gasteiger charge is -2.28. The van der Waals surface area contributed by atoms with Crippen LogP contribution in [0.1, 0.15) is 88.5 Å². The van der Waals surface area contributed by atoms with E-state index in [1.54, 1.807) is 12.3 Å². The Balaban J connectivity index is 1.41. The van der Waals surface area contributed by atoms with Crippen LogP contribution >= 0.6 is 0 Å². The van der Waals surface area contributed by atoms with Crippen molar-refractivity contribution in [2.75, 3.05) is 13.1 Å². The van der Waals surface area contributed by atoms with Gasteiger partial charge in [-0.15, -0.1) is 0 Å². The minimum atomic E-state index is -1.59. The molecule has 0 spiro atoms. The summed E-state index contributed by atoms with van der Waals surface area (Å²) in [4.78, 5) is 140. The van der Waals surface area contributed by atoms with Gasteiger partial charge in [-0.3, -0.25) is 48.1 Å². The van der Waals surface area contributed by atoms with Gasteiger partial charge in [0.2, 0.25) is 53.2 Å². The molecule has 1 aliphatic heterocycles. The zero-order valence-corrected chi connectivity index (χ0v) is 43.8. The maximum atomic E-state index is 15.0. The van der Waals surface area contributed by atoms with Crippen LogP contribution in [-0.4, -0.2) is 129 Å². The van der Waals surface area contributed by atoms with Crippen LogP contribution in [0.4, 0.5) is 0 Å². The molecule has 0 radical (unpaired) electrons. The van der Waals surface area contributed by atoms with Crippen molar-refractivity contribution in [3.05, 3.63) is 102 Å². The molecule has 1 saturated heterocycles. The Labute approximate surface area is 450 Å². The second kappa shape index (κ2) is 28.9. The van der Waals surface area contributed by atoms with Crippen molar-refractivity contribution in [2.24, 2.45) is 22.2 Å². The van der Waals surface area contributed by atoms with Crippen LogP contribution < -0.4 is 59.7 Å². The summed E-state index contributed by atoms with van der Waals surface area (Å²) < 4.78 is 0. The van der Waals surface area contributed by atoms with Gasteiger partial charge in [0.25, 0.3) is 0 Å². The van der Waals surface area contributed by atoms with Gasteiger partial charge >= 0.3 is 0 Å². The van der Waals surface area contributed by atoms with E-state index >= 15 is 0 Å². The molecule has 4 unspecified atom stereocenters.